The third kappa shape index (κ3) is 4.57. The molecule has 0 saturated carbocycles. The number of thioether (sulfide) groups is 1. The number of aryl methyl sites for hydroxylation is 1. The number of allylic oxidation sites excluding steroid dienone is 2. The summed E-state index contributed by atoms with van der Waals surface area (Å²) >= 11 is 1.29. The average molecular weight is 376 g/mol. The zero-order valence-corrected chi connectivity index (χ0v) is 15.8. The summed E-state index contributed by atoms with van der Waals surface area (Å²) in [6.45, 7) is 5.97. The maximum atomic E-state index is 12.7. The molecule has 0 radical (unpaired) electrons. The van der Waals surface area contributed by atoms with E-state index in [0.717, 1.165) is 11.1 Å². The highest BCUT2D eigenvalue weighted by atomic mass is 32.2. The van der Waals surface area contributed by atoms with Gasteiger partial charge in [0.2, 0.25) is 0 Å². The first-order valence-electron chi connectivity index (χ1n) is 8.51. The minimum absolute atomic E-state index is 0.0931. The largest absolute Gasteiger partial charge is 0.506 e. The number of phenols is 1. The number of benzene rings is 2. The summed E-state index contributed by atoms with van der Waals surface area (Å²) in [5.41, 5.74) is 2.44. The second-order valence-electron chi connectivity index (χ2n) is 5.99. The Morgan fingerprint density at radius 2 is 2.00 bits per heavy atom. The van der Waals surface area contributed by atoms with Crippen LogP contribution in [0.5, 0.6) is 5.75 Å². The van der Waals surface area contributed by atoms with Crippen molar-refractivity contribution in [2.75, 3.05) is 6.54 Å². The highest BCUT2D eigenvalue weighted by molar-refractivity contribution is 8.18. The first kappa shape index (κ1) is 18.7. The first-order valence-corrected chi connectivity index (χ1v) is 9.32. The molecular formula is C22H20N2O2S. The molecule has 4 nitrogen and oxygen atoms in total. The maximum Gasteiger partial charge on any atom is 0.267 e. The monoisotopic (exact) mass is 376 g/mol. The molecule has 1 fully saturated rings. The van der Waals surface area contributed by atoms with Crippen LogP contribution in [-0.4, -0.2) is 27.6 Å². The molecule has 0 aromatic heterocycles. The van der Waals surface area contributed by atoms with E-state index in [0.29, 0.717) is 22.3 Å². The molecule has 2 aromatic rings. The van der Waals surface area contributed by atoms with E-state index in [1.165, 1.54) is 11.8 Å². The van der Waals surface area contributed by atoms with E-state index in [4.69, 9.17) is 0 Å². The Bertz CT molecular complexity index is 946. The number of phenolic OH excluding ortho intramolecular Hbond substituents is 1. The Morgan fingerprint density at radius 1 is 1.22 bits per heavy atom. The number of amidine groups is 1. The van der Waals surface area contributed by atoms with Crippen molar-refractivity contribution in [2.45, 2.75) is 6.92 Å². The molecule has 5 heteroatoms. The molecule has 1 N–H and O–H groups in total. The standard InChI is InChI=1S/C22H20N2O2S/c1-3-14-24-21(26)20(11-7-10-17-8-5-4-6-9-17)27-22(24)23-18-13-12-16(2)15-19(18)25/h3-13,15,25H,1,14H2,2H3/b10-7+,20-11-,23-22?. The van der Waals surface area contributed by atoms with Crippen molar-refractivity contribution in [3.8, 4) is 5.75 Å². The Labute approximate surface area is 163 Å². The molecule has 3 rings (SSSR count). The van der Waals surface area contributed by atoms with Gasteiger partial charge >= 0.3 is 0 Å². The van der Waals surface area contributed by atoms with Crippen LogP contribution in [0.25, 0.3) is 6.08 Å². The maximum absolute atomic E-state index is 12.7. The fourth-order valence-electron chi connectivity index (χ4n) is 2.54. The van der Waals surface area contributed by atoms with E-state index in [1.54, 1.807) is 29.2 Å². The number of hydrogen-bond acceptors (Lipinski definition) is 4. The summed E-state index contributed by atoms with van der Waals surface area (Å²) in [4.78, 5) is 19.3. The van der Waals surface area contributed by atoms with Crippen molar-refractivity contribution in [3.05, 3.63) is 89.4 Å². The predicted molar refractivity (Wildman–Crippen MR) is 113 cm³/mol. The first-order chi connectivity index (χ1) is 13.1. The van der Waals surface area contributed by atoms with Gasteiger partial charge in [0.15, 0.2) is 5.17 Å². The molecule has 1 amide bonds. The van der Waals surface area contributed by atoms with Gasteiger partial charge in [-0.2, -0.15) is 0 Å². The Hall–Kier alpha value is -3.05. The number of aromatic hydroxyl groups is 1. The Morgan fingerprint density at radius 3 is 2.70 bits per heavy atom. The fraction of sp³-hybridized carbons (Fsp3) is 0.0909. The normalized spacial score (nSPS) is 17.4. The highest BCUT2D eigenvalue weighted by Gasteiger charge is 2.32. The van der Waals surface area contributed by atoms with Crippen molar-refractivity contribution in [3.63, 3.8) is 0 Å². The smallest absolute Gasteiger partial charge is 0.267 e. The van der Waals surface area contributed by atoms with Crippen LogP contribution in [0.2, 0.25) is 0 Å². The van der Waals surface area contributed by atoms with Gasteiger partial charge < -0.3 is 5.11 Å². The summed E-state index contributed by atoms with van der Waals surface area (Å²) in [5, 5.41) is 10.6. The van der Waals surface area contributed by atoms with E-state index in [1.807, 2.05) is 55.5 Å². The minimum Gasteiger partial charge on any atom is -0.506 e. The van der Waals surface area contributed by atoms with Crippen LogP contribution in [0.4, 0.5) is 5.69 Å². The van der Waals surface area contributed by atoms with E-state index in [9.17, 15) is 9.90 Å². The molecule has 1 aliphatic heterocycles. The van der Waals surface area contributed by atoms with Crippen LogP contribution in [0, 0.1) is 6.92 Å². The fourth-order valence-corrected chi connectivity index (χ4v) is 3.49. The minimum atomic E-state index is -0.122. The number of nitrogens with zero attached hydrogens (tertiary/aromatic N) is 2. The van der Waals surface area contributed by atoms with Crippen LogP contribution >= 0.6 is 11.8 Å². The molecule has 2 aromatic carbocycles. The van der Waals surface area contributed by atoms with E-state index < -0.39 is 0 Å². The van der Waals surface area contributed by atoms with E-state index in [-0.39, 0.29) is 11.7 Å². The van der Waals surface area contributed by atoms with Gasteiger partial charge in [-0.15, -0.1) is 6.58 Å². The van der Waals surface area contributed by atoms with Crippen LogP contribution in [0.3, 0.4) is 0 Å². The molecule has 0 spiro atoms. The van der Waals surface area contributed by atoms with Crippen LogP contribution < -0.4 is 0 Å². The van der Waals surface area contributed by atoms with Gasteiger partial charge in [0.1, 0.15) is 11.4 Å². The van der Waals surface area contributed by atoms with E-state index >= 15 is 0 Å². The van der Waals surface area contributed by atoms with Gasteiger partial charge in [0.05, 0.1) is 4.91 Å². The highest BCUT2D eigenvalue weighted by Crippen LogP contribution is 2.35. The van der Waals surface area contributed by atoms with Gasteiger partial charge in [0.25, 0.3) is 5.91 Å². The van der Waals surface area contributed by atoms with Gasteiger partial charge in [0, 0.05) is 6.54 Å². The summed E-state index contributed by atoms with van der Waals surface area (Å²) in [6.07, 6.45) is 7.24. The number of carbonyl (C=O) groups is 1. The van der Waals surface area contributed by atoms with Crippen molar-refractivity contribution < 1.29 is 9.90 Å². The molecule has 136 valence electrons. The summed E-state index contributed by atoms with van der Waals surface area (Å²) < 4.78 is 0. The summed E-state index contributed by atoms with van der Waals surface area (Å²) in [7, 11) is 0. The van der Waals surface area contributed by atoms with Crippen molar-refractivity contribution in [2.24, 2.45) is 4.99 Å². The predicted octanol–water partition coefficient (Wildman–Crippen LogP) is 5.05. The third-order valence-corrected chi connectivity index (χ3v) is 4.91. The number of amides is 1. The zero-order chi connectivity index (χ0) is 19.2. The number of hydrogen-bond donors (Lipinski definition) is 1. The van der Waals surface area contributed by atoms with Crippen LogP contribution in [0.1, 0.15) is 11.1 Å². The lowest BCUT2D eigenvalue weighted by Crippen LogP contribution is -2.29. The van der Waals surface area contributed by atoms with E-state index in [2.05, 4.69) is 11.6 Å². The summed E-state index contributed by atoms with van der Waals surface area (Å²) in [6, 6.07) is 15.1. The van der Waals surface area contributed by atoms with Crippen molar-refractivity contribution in [1.82, 2.24) is 4.90 Å². The molecule has 27 heavy (non-hydrogen) atoms. The average Bonchev–Trinajstić information content (AvgIpc) is 2.94. The Balaban J connectivity index is 1.87. The van der Waals surface area contributed by atoms with Crippen molar-refractivity contribution in [1.29, 1.82) is 0 Å². The van der Waals surface area contributed by atoms with Gasteiger partial charge in [-0.3, -0.25) is 9.69 Å². The zero-order valence-electron chi connectivity index (χ0n) is 15.0. The molecule has 0 aliphatic carbocycles. The topological polar surface area (TPSA) is 52.9 Å². The van der Waals surface area contributed by atoms with Gasteiger partial charge in [-0.05, 0) is 48.0 Å². The number of carbonyl (C=O) groups excluding carboxylic acids is 1. The number of aliphatic imine (C=N–C) groups is 1. The molecule has 0 unspecified atom stereocenters. The summed E-state index contributed by atoms with van der Waals surface area (Å²) in [5.74, 6) is -0.0292. The van der Waals surface area contributed by atoms with Gasteiger partial charge in [-0.25, -0.2) is 4.99 Å². The molecule has 1 aliphatic rings. The third-order valence-electron chi connectivity index (χ3n) is 3.88. The molecule has 1 heterocycles. The Kier molecular flexibility index (Phi) is 5.94. The van der Waals surface area contributed by atoms with Crippen LogP contribution in [-0.2, 0) is 4.79 Å². The lowest BCUT2D eigenvalue weighted by Gasteiger charge is -2.12. The molecule has 0 bridgehead atoms. The van der Waals surface area contributed by atoms with Crippen LogP contribution in [0.15, 0.2) is 83.2 Å². The SMILES string of the molecule is C=CCN1C(=O)/C(=C/C=C/c2ccccc2)SC1=Nc1ccc(C)cc1O. The second-order valence-corrected chi connectivity index (χ2v) is 7.00. The van der Waals surface area contributed by atoms with Gasteiger partial charge in [-0.1, -0.05) is 54.6 Å². The molecular weight excluding hydrogens is 356 g/mol. The number of rotatable bonds is 5. The quantitative estimate of drug-likeness (QED) is 0.587. The molecule has 0 atom stereocenters. The molecule has 1 saturated heterocycles. The second kappa shape index (κ2) is 8.56. The van der Waals surface area contributed by atoms with Crippen molar-refractivity contribution >= 4 is 34.6 Å². The lowest BCUT2D eigenvalue weighted by molar-refractivity contribution is -0.121. The lowest BCUT2D eigenvalue weighted by atomic mass is 10.2.